The summed E-state index contributed by atoms with van der Waals surface area (Å²) >= 11 is 0. The van der Waals surface area contributed by atoms with Crippen molar-refractivity contribution in [1.29, 1.82) is 0 Å². The molecule has 1 unspecified atom stereocenters. The van der Waals surface area contributed by atoms with Crippen molar-refractivity contribution >= 4 is 6.03 Å². The molecule has 0 aromatic heterocycles. The van der Waals surface area contributed by atoms with Gasteiger partial charge in [0.15, 0.2) is 0 Å². The van der Waals surface area contributed by atoms with Crippen molar-refractivity contribution in [2.24, 2.45) is 0 Å². The van der Waals surface area contributed by atoms with Crippen LogP contribution >= 0.6 is 0 Å². The Labute approximate surface area is 105 Å². The van der Waals surface area contributed by atoms with Crippen molar-refractivity contribution in [2.75, 3.05) is 19.7 Å². The van der Waals surface area contributed by atoms with Gasteiger partial charge in [0.05, 0.1) is 12.6 Å². The molecule has 5 nitrogen and oxygen atoms in total. The number of amides is 2. The zero-order chi connectivity index (χ0) is 13.4. The van der Waals surface area contributed by atoms with E-state index in [1.807, 2.05) is 0 Å². The summed E-state index contributed by atoms with van der Waals surface area (Å²) in [4.78, 5) is 13.7. The lowest BCUT2D eigenvalue weighted by Gasteiger charge is -2.30. The summed E-state index contributed by atoms with van der Waals surface area (Å²) in [6.07, 6.45) is 0. The summed E-state index contributed by atoms with van der Waals surface area (Å²) in [6.45, 7) is 11.7. The first-order chi connectivity index (χ1) is 7.88. The largest absolute Gasteiger partial charge is 0.394 e. The Morgan fingerprint density at radius 1 is 1.18 bits per heavy atom. The molecule has 0 radical (unpaired) electrons. The first kappa shape index (κ1) is 16.2. The number of carbonyl (C=O) groups excluding carboxylic acids is 1. The van der Waals surface area contributed by atoms with Gasteiger partial charge in [0.1, 0.15) is 0 Å². The average Bonchev–Trinajstić information content (AvgIpc) is 2.22. The minimum atomic E-state index is -0.223. The third-order valence-electron chi connectivity index (χ3n) is 2.63. The molecule has 0 aliphatic heterocycles. The van der Waals surface area contributed by atoms with E-state index in [9.17, 15) is 4.79 Å². The number of nitrogens with zero attached hydrogens (tertiary/aromatic N) is 1. The second-order valence-corrected chi connectivity index (χ2v) is 4.91. The number of hydrogen-bond donors (Lipinski definition) is 3. The van der Waals surface area contributed by atoms with E-state index in [1.54, 1.807) is 6.92 Å². The van der Waals surface area contributed by atoms with Crippen molar-refractivity contribution < 1.29 is 9.90 Å². The molecule has 0 aromatic carbocycles. The van der Waals surface area contributed by atoms with E-state index in [0.29, 0.717) is 18.6 Å². The van der Waals surface area contributed by atoms with Gasteiger partial charge in [-0.25, -0.2) is 4.79 Å². The van der Waals surface area contributed by atoms with Gasteiger partial charge >= 0.3 is 6.03 Å². The molecule has 17 heavy (non-hydrogen) atoms. The summed E-state index contributed by atoms with van der Waals surface area (Å²) in [5.41, 5.74) is 0. The number of aliphatic hydroxyl groups excluding tert-OH is 1. The Kier molecular flexibility index (Phi) is 7.91. The minimum Gasteiger partial charge on any atom is -0.394 e. The van der Waals surface area contributed by atoms with E-state index >= 15 is 0 Å². The molecule has 5 heteroatoms. The molecule has 0 spiro atoms. The van der Waals surface area contributed by atoms with E-state index in [4.69, 9.17) is 5.11 Å². The van der Waals surface area contributed by atoms with Gasteiger partial charge in [0, 0.05) is 25.2 Å². The van der Waals surface area contributed by atoms with E-state index in [2.05, 4.69) is 43.2 Å². The smallest absolute Gasteiger partial charge is 0.315 e. The number of aliphatic hydroxyl groups is 1. The Balaban J connectivity index is 3.85. The maximum atomic E-state index is 11.4. The van der Waals surface area contributed by atoms with E-state index < -0.39 is 0 Å². The topological polar surface area (TPSA) is 64.6 Å². The molecule has 0 heterocycles. The maximum Gasteiger partial charge on any atom is 0.315 e. The van der Waals surface area contributed by atoms with Crippen molar-refractivity contribution in [3.05, 3.63) is 0 Å². The Hall–Kier alpha value is -0.810. The predicted octanol–water partition coefficient (Wildman–Crippen LogP) is 0.785. The molecule has 3 N–H and O–H groups in total. The van der Waals surface area contributed by atoms with Crippen molar-refractivity contribution in [3.63, 3.8) is 0 Å². The van der Waals surface area contributed by atoms with Crippen LogP contribution in [0.4, 0.5) is 4.79 Å². The molecule has 102 valence electrons. The second-order valence-electron chi connectivity index (χ2n) is 4.91. The van der Waals surface area contributed by atoms with Crippen LogP contribution in [0.25, 0.3) is 0 Å². The van der Waals surface area contributed by atoms with Crippen LogP contribution in [0.3, 0.4) is 0 Å². The quantitative estimate of drug-likeness (QED) is 0.621. The molecule has 0 saturated heterocycles. The monoisotopic (exact) mass is 245 g/mol. The van der Waals surface area contributed by atoms with Gasteiger partial charge in [-0.05, 0) is 34.6 Å². The summed E-state index contributed by atoms with van der Waals surface area (Å²) in [6, 6.07) is 0.507. The molecular weight excluding hydrogens is 218 g/mol. The lowest BCUT2D eigenvalue weighted by molar-refractivity contribution is 0.174. The fraction of sp³-hybridized carbons (Fsp3) is 0.917. The Morgan fingerprint density at radius 3 is 2.12 bits per heavy atom. The number of rotatable bonds is 7. The normalized spacial score (nSPS) is 13.2. The summed E-state index contributed by atoms with van der Waals surface area (Å²) in [5.74, 6) is 0. The predicted molar refractivity (Wildman–Crippen MR) is 70.1 cm³/mol. The van der Waals surface area contributed by atoms with Gasteiger partial charge < -0.3 is 15.7 Å². The van der Waals surface area contributed by atoms with Crippen LogP contribution in [-0.2, 0) is 0 Å². The number of carbonyl (C=O) groups is 1. The SMILES string of the molecule is CC(CO)NC(=O)NCCN(C(C)C)C(C)C. The molecule has 0 rings (SSSR count). The highest BCUT2D eigenvalue weighted by Gasteiger charge is 2.13. The highest BCUT2D eigenvalue weighted by molar-refractivity contribution is 5.74. The van der Waals surface area contributed by atoms with Crippen LogP contribution in [0.2, 0.25) is 0 Å². The zero-order valence-corrected chi connectivity index (χ0v) is 11.7. The molecule has 1 atom stereocenters. The molecule has 0 aliphatic rings. The first-order valence-electron chi connectivity index (χ1n) is 6.29. The average molecular weight is 245 g/mol. The van der Waals surface area contributed by atoms with Crippen LogP contribution in [0.5, 0.6) is 0 Å². The fourth-order valence-corrected chi connectivity index (χ4v) is 1.73. The molecular formula is C12H27N3O2. The van der Waals surface area contributed by atoms with Crippen LogP contribution in [-0.4, -0.2) is 53.9 Å². The molecule has 2 amide bonds. The van der Waals surface area contributed by atoms with Crippen LogP contribution in [0.15, 0.2) is 0 Å². The van der Waals surface area contributed by atoms with Crippen molar-refractivity contribution in [3.8, 4) is 0 Å². The highest BCUT2D eigenvalue weighted by Crippen LogP contribution is 2.03. The van der Waals surface area contributed by atoms with Crippen LogP contribution < -0.4 is 10.6 Å². The number of hydrogen-bond acceptors (Lipinski definition) is 3. The van der Waals surface area contributed by atoms with Crippen molar-refractivity contribution in [1.82, 2.24) is 15.5 Å². The lowest BCUT2D eigenvalue weighted by atomic mass is 10.2. The van der Waals surface area contributed by atoms with Crippen LogP contribution in [0, 0.1) is 0 Å². The first-order valence-corrected chi connectivity index (χ1v) is 6.29. The third-order valence-corrected chi connectivity index (χ3v) is 2.63. The minimum absolute atomic E-state index is 0.0441. The van der Waals surface area contributed by atoms with E-state index in [-0.39, 0.29) is 18.7 Å². The maximum absolute atomic E-state index is 11.4. The van der Waals surface area contributed by atoms with Gasteiger partial charge in [-0.2, -0.15) is 0 Å². The van der Waals surface area contributed by atoms with E-state index in [0.717, 1.165) is 6.54 Å². The lowest BCUT2D eigenvalue weighted by Crippen LogP contribution is -2.47. The molecule has 0 aliphatic carbocycles. The molecule has 0 fully saturated rings. The fourth-order valence-electron chi connectivity index (χ4n) is 1.73. The molecule has 0 aromatic rings. The molecule has 0 saturated carbocycles. The van der Waals surface area contributed by atoms with Gasteiger partial charge in [0.25, 0.3) is 0 Å². The second kappa shape index (κ2) is 8.31. The number of urea groups is 1. The van der Waals surface area contributed by atoms with E-state index in [1.165, 1.54) is 0 Å². The zero-order valence-electron chi connectivity index (χ0n) is 11.7. The third kappa shape index (κ3) is 7.18. The highest BCUT2D eigenvalue weighted by atomic mass is 16.3. The Bertz CT molecular complexity index is 212. The van der Waals surface area contributed by atoms with Crippen molar-refractivity contribution in [2.45, 2.75) is 52.7 Å². The summed E-state index contributed by atoms with van der Waals surface area (Å²) < 4.78 is 0. The molecule has 0 bridgehead atoms. The van der Waals surface area contributed by atoms with Gasteiger partial charge in [-0.1, -0.05) is 0 Å². The standard InChI is InChI=1S/C12H27N3O2/c1-9(2)15(10(3)4)7-6-13-12(17)14-11(5)8-16/h9-11,16H,6-8H2,1-5H3,(H2,13,14,17). The summed E-state index contributed by atoms with van der Waals surface area (Å²) in [5, 5.41) is 14.2. The summed E-state index contributed by atoms with van der Waals surface area (Å²) in [7, 11) is 0. The Morgan fingerprint density at radius 2 is 1.71 bits per heavy atom. The van der Waals surface area contributed by atoms with Crippen LogP contribution in [0.1, 0.15) is 34.6 Å². The van der Waals surface area contributed by atoms with Gasteiger partial charge in [-0.15, -0.1) is 0 Å². The van der Waals surface area contributed by atoms with Gasteiger partial charge in [-0.3, -0.25) is 4.90 Å². The van der Waals surface area contributed by atoms with Gasteiger partial charge in [0.2, 0.25) is 0 Å². The number of nitrogens with one attached hydrogen (secondary N) is 2.